The van der Waals surface area contributed by atoms with E-state index in [1.807, 2.05) is 37.3 Å². The molecule has 0 unspecified atom stereocenters. The molecule has 2 N–H and O–H groups in total. The highest BCUT2D eigenvalue weighted by molar-refractivity contribution is 6.03. The summed E-state index contributed by atoms with van der Waals surface area (Å²) in [4.78, 5) is 16.7. The van der Waals surface area contributed by atoms with Gasteiger partial charge in [0.2, 0.25) is 0 Å². The summed E-state index contributed by atoms with van der Waals surface area (Å²) >= 11 is 0. The number of aromatic nitrogens is 1. The van der Waals surface area contributed by atoms with Crippen LogP contribution in [0.15, 0.2) is 60.8 Å². The van der Waals surface area contributed by atoms with Gasteiger partial charge in [-0.2, -0.15) is 0 Å². The SMILES string of the molecule is COc1ccc(NC(=O)c2cc(Nc3ccccc3C)ccn2)cc1OC. The van der Waals surface area contributed by atoms with E-state index in [0.717, 1.165) is 16.9 Å². The van der Waals surface area contributed by atoms with Crippen molar-refractivity contribution in [3.05, 3.63) is 72.1 Å². The molecule has 0 saturated heterocycles. The number of anilines is 3. The van der Waals surface area contributed by atoms with Crippen LogP contribution in [0.2, 0.25) is 0 Å². The molecule has 0 aliphatic carbocycles. The number of ether oxygens (including phenoxy) is 2. The van der Waals surface area contributed by atoms with Crippen LogP contribution in [0.5, 0.6) is 11.5 Å². The van der Waals surface area contributed by atoms with Gasteiger partial charge in [0.25, 0.3) is 5.91 Å². The van der Waals surface area contributed by atoms with Crippen molar-refractivity contribution in [1.29, 1.82) is 0 Å². The van der Waals surface area contributed by atoms with Crippen molar-refractivity contribution in [3.63, 3.8) is 0 Å². The summed E-state index contributed by atoms with van der Waals surface area (Å²) in [5.74, 6) is 0.826. The molecular formula is C21H21N3O3. The molecule has 0 atom stereocenters. The predicted molar refractivity (Wildman–Crippen MR) is 106 cm³/mol. The minimum Gasteiger partial charge on any atom is -0.493 e. The average Bonchev–Trinajstić information content (AvgIpc) is 2.70. The van der Waals surface area contributed by atoms with E-state index < -0.39 is 0 Å². The van der Waals surface area contributed by atoms with Gasteiger partial charge in [0.05, 0.1) is 14.2 Å². The van der Waals surface area contributed by atoms with E-state index in [4.69, 9.17) is 9.47 Å². The minimum absolute atomic E-state index is 0.309. The summed E-state index contributed by atoms with van der Waals surface area (Å²) in [5.41, 5.74) is 3.79. The molecule has 2 aromatic carbocycles. The molecule has 3 rings (SSSR count). The largest absolute Gasteiger partial charge is 0.493 e. The minimum atomic E-state index is -0.310. The first-order valence-electron chi connectivity index (χ1n) is 8.43. The number of pyridine rings is 1. The van der Waals surface area contributed by atoms with Crippen LogP contribution in [0.1, 0.15) is 16.1 Å². The van der Waals surface area contributed by atoms with Crippen molar-refractivity contribution in [1.82, 2.24) is 4.98 Å². The zero-order valence-electron chi connectivity index (χ0n) is 15.4. The Hall–Kier alpha value is -3.54. The molecule has 1 aromatic heterocycles. The van der Waals surface area contributed by atoms with E-state index in [-0.39, 0.29) is 5.91 Å². The quantitative estimate of drug-likeness (QED) is 0.679. The molecule has 138 valence electrons. The van der Waals surface area contributed by atoms with Gasteiger partial charge >= 0.3 is 0 Å². The molecule has 0 fully saturated rings. The van der Waals surface area contributed by atoms with Gasteiger partial charge in [0.15, 0.2) is 11.5 Å². The van der Waals surface area contributed by atoms with Crippen molar-refractivity contribution in [3.8, 4) is 11.5 Å². The molecule has 0 aliphatic rings. The van der Waals surface area contributed by atoms with Gasteiger partial charge in [0, 0.05) is 29.3 Å². The molecule has 3 aromatic rings. The van der Waals surface area contributed by atoms with Crippen LogP contribution in [0.4, 0.5) is 17.1 Å². The summed E-state index contributed by atoms with van der Waals surface area (Å²) in [6, 6.07) is 16.7. The number of amides is 1. The Bertz CT molecular complexity index is 957. The number of methoxy groups -OCH3 is 2. The smallest absolute Gasteiger partial charge is 0.274 e. The molecule has 0 spiro atoms. The van der Waals surface area contributed by atoms with Gasteiger partial charge in [-0.15, -0.1) is 0 Å². The summed E-state index contributed by atoms with van der Waals surface area (Å²) in [6.45, 7) is 2.02. The number of rotatable bonds is 6. The van der Waals surface area contributed by atoms with E-state index in [1.165, 1.54) is 0 Å². The summed E-state index contributed by atoms with van der Waals surface area (Å²) < 4.78 is 10.5. The fraction of sp³-hybridized carbons (Fsp3) is 0.143. The van der Waals surface area contributed by atoms with E-state index in [0.29, 0.717) is 22.9 Å². The second-order valence-electron chi connectivity index (χ2n) is 5.89. The van der Waals surface area contributed by atoms with Crippen molar-refractivity contribution in [2.45, 2.75) is 6.92 Å². The number of para-hydroxylation sites is 1. The van der Waals surface area contributed by atoms with Crippen molar-refractivity contribution < 1.29 is 14.3 Å². The van der Waals surface area contributed by atoms with Crippen molar-refractivity contribution in [2.24, 2.45) is 0 Å². The normalized spacial score (nSPS) is 10.2. The average molecular weight is 363 g/mol. The number of hydrogen-bond acceptors (Lipinski definition) is 5. The lowest BCUT2D eigenvalue weighted by molar-refractivity contribution is 0.102. The van der Waals surface area contributed by atoms with Crippen molar-refractivity contribution in [2.75, 3.05) is 24.9 Å². The van der Waals surface area contributed by atoms with Gasteiger partial charge < -0.3 is 20.1 Å². The monoisotopic (exact) mass is 363 g/mol. The van der Waals surface area contributed by atoms with Gasteiger partial charge in [-0.05, 0) is 42.8 Å². The highest BCUT2D eigenvalue weighted by Crippen LogP contribution is 2.30. The first-order chi connectivity index (χ1) is 13.1. The zero-order valence-corrected chi connectivity index (χ0v) is 15.4. The molecule has 6 heteroatoms. The van der Waals surface area contributed by atoms with Gasteiger partial charge in [-0.3, -0.25) is 9.78 Å². The van der Waals surface area contributed by atoms with Gasteiger partial charge in [0.1, 0.15) is 5.69 Å². The number of aryl methyl sites for hydroxylation is 1. The Morgan fingerprint density at radius 1 is 0.926 bits per heavy atom. The van der Waals surface area contributed by atoms with Crippen molar-refractivity contribution >= 4 is 23.0 Å². The van der Waals surface area contributed by atoms with Crippen LogP contribution in [0.25, 0.3) is 0 Å². The number of nitrogens with one attached hydrogen (secondary N) is 2. The first-order valence-corrected chi connectivity index (χ1v) is 8.43. The fourth-order valence-corrected chi connectivity index (χ4v) is 2.61. The van der Waals surface area contributed by atoms with Crippen LogP contribution in [-0.4, -0.2) is 25.1 Å². The van der Waals surface area contributed by atoms with Crippen LogP contribution in [0.3, 0.4) is 0 Å². The number of hydrogen-bond donors (Lipinski definition) is 2. The molecule has 0 saturated carbocycles. The van der Waals surface area contributed by atoms with E-state index in [2.05, 4.69) is 15.6 Å². The topological polar surface area (TPSA) is 72.5 Å². The standard InChI is InChI=1S/C21H21N3O3/c1-14-6-4-5-7-17(14)23-16-10-11-22-18(12-16)21(25)24-15-8-9-19(26-2)20(13-15)27-3/h4-13H,1-3H3,(H,22,23)(H,24,25). The Kier molecular flexibility index (Phi) is 5.56. The molecule has 1 amide bonds. The van der Waals surface area contributed by atoms with Gasteiger partial charge in [-0.1, -0.05) is 18.2 Å². The number of carbonyl (C=O) groups is 1. The lowest BCUT2D eigenvalue weighted by atomic mass is 10.2. The van der Waals surface area contributed by atoms with E-state index in [1.54, 1.807) is 44.7 Å². The second kappa shape index (κ2) is 8.23. The highest BCUT2D eigenvalue weighted by atomic mass is 16.5. The third-order valence-corrected chi connectivity index (χ3v) is 4.06. The predicted octanol–water partition coefficient (Wildman–Crippen LogP) is 4.40. The third-order valence-electron chi connectivity index (χ3n) is 4.06. The summed E-state index contributed by atoms with van der Waals surface area (Å²) in [5, 5.41) is 6.13. The van der Waals surface area contributed by atoms with E-state index >= 15 is 0 Å². The Balaban J connectivity index is 1.77. The van der Waals surface area contributed by atoms with Gasteiger partial charge in [-0.25, -0.2) is 0 Å². The maximum absolute atomic E-state index is 12.6. The van der Waals surface area contributed by atoms with Crippen LogP contribution in [0, 0.1) is 6.92 Å². The summed E-state index contributed by atoms with van der Waals surface area (Å²) in [6.07, 6.45) is 1.60. The molecule has 1 heterocycles. The lowest BCUT2D eigenvalue weighted by Gasteiger charge is -2.12. The molecule has 0 aliphatic heterocycles. The lowest BCUT2D eigenvalue weighted by Crippen LogP contribution is -2.14. The first kappa shape index (κ1) is 18.3. The zero-order chi connectivity index (χ0) is 19.2. The maximum atomic E-state index is 12.6. The number of carbonyl (C=O) groups excluding carboxylic acids is 1. The molecule has 0 radical (unpaired) electrons. The third kappa shape index (κ3) is 4.36. The second-order valence-corrected chi connectivity index (χ2v) is 5.89. The highest BCUT2D eigenvalue weighted by Gasteiger charge is 2.11. The number of benzene rings is 2. The molecule has 27 heavy (non-hydrogen) atoms. The van der Waals surface area contributed by atoms with E-state index in [9.17, 15) is 4.79 Å². The van der Waals surface area contributed by atoms with Crippen LogP contribution < -0.4 is 20.1 Å². The fourth-order valence-electron chi connectivity index (χ4n) is 2.61. The Morgan fingerprint density at radius 3 is 2.44 bits per heavy atom. The number of nitrogens with zero attached hydrogens (tertiary/aromatic N) is 1. The Labute approximate surface area is 158 Å². The molecule has 6 nitrogen and oxygen atoms in total. The molecule has 0 bridgehead atoms. The summed E-state index contributed by atoms with van der Waals surface area (Å²) in [7, 11) is 3.11. The maximum Gasteiger partial charge on any atom is 0.274 e. The van der Waals surface area contributed by atoms with Crippen LogP contribution >= 0.6 is 0 Å². The van der Waals surface area contributed by atoms with Crippen LogP contribution in [-0.2, 0) is 0 Å². The molecular weight excluding hydrogens is 342 g/mol. The Morgan fingerprint density at radius 2 is 1.70 bits per heavy atom.